The normalized spacial score (nSPS) is 19.8. The Morgan fingerprint density at radius 1 is 0.781 bits per heavy atom. The molecule has 0 saturated heterocycles. The van der Waals surface area contributed by atoms with Crippen molar-refractivity contribution in [1.29, 1.82) is 0 Å². The molecule has 1 aliphatic heterocycles. The van der Waals surface area contributed by atoms with Gasteiger partial charge in [0.05, 0.1) is 31.6 Å². The number of ether oxygens (including phenoxy) is 2. The molecular formula is C27H26N2O3. The van der Waals surface area contributed by atoms with Crippen LogP contribution in [0.2, 0.25) is 0 Å². The molecule has 32 heavy (non-hydrogen) atoms. The predicted octanol–water partition coefficient (Wildman–Crippen LogP) is 5.68. The Morgan fingerprint density at radius 3 is 2.28 bits per heavy atom. The summed E-state index contributed by atoms with van der Waals surface area (Å²) in [6, 6.07) is 23.8. The van der Waals surface area contributed by atoms with Crippen LogP contribution in [0.5, 0.6) is 11.5 Å². The molecule has 0 saturated carbocycles. The van der Waals surface area contributed by atoms with Gasteiger partial charge < -0.3 is 20.1 Å². The van der Waals surface area contributed by atoms with E-state index in [2.05, 4.69) is 22.8 Å². The molecule has 1 aliphatic carbocycles. The molecule has 3 aromatic rings. The zero-order chi connectivity index (χ0) is 22.1. The molecular weight excluding hydrogens is 400 g/mol. The van der Waals surface area contributed by atoms with Gasteiger partial charge in [-0.15, -0.1) is 0 Å². The highest BCUT2D eigenvalue weighted by Crippen LogP contribution is 2.44. The van der Waals surface area contributed by atoms with Crippen LogP contribution in [-0.4, -0.2) is 20.0 Å². The first kappa shape index (κ1) is 20.2. The van der Waals surface area contributed by atoms with Gasteiger partial charge in [-0.1, -0.05) is 36.4 Å². The second-order valence-electron chi connectivity index (χ2n) is 8.22. The Labute approximate surface area is 188 Å². The lowest BCUT2D eigenvalue weighted by Crippen LogP contribution is -2.26. The summed E-state index contributed by atoms with van der Waals surface area (Å²) in [5.41, 5.74) is 5.89. The quantitative estimate of drug-likeness (QED) is 0.562. The van der Waals surface area contributed by atoms with Crippen molar-refractivity contribution < 1.29 is 14.3 Å². The number of rotatable bonds is 4. The van der Waals surface area contributed by atoms with Crippen LogP contribution in [0.3, 0.4) is 0 Å². The summed E-state index contributed by atoms with van der Waals surface area (Å²) in [6.45, 7) is 0. The van der Waals surface area contributed by atoms with Gasteiger partial charge in [-0.3, -0.25) is 4.79 Å². The van der Waals surface area contributed by atoms with Gasteiger partial charge in [-0.25, -0.2) is 0 Å². The van der Waals surface area contributed by atoms with E-state index in [4.69, 9.17) is 9.47 Å². The maximum absolute atomic E-state index is 13.6. The van der Waals surface area contributed by atoms with Gasteiger partial charge in [0.2, 0.25) is 0 Å². The number of para-hydroxylation sites is 2. The van der Waals surface area contributed by atoms with E-state index in [1.165, 1.54) is 0 Å². The Bertz CT molecular complexity index is 1180. The molecule has 2 N–H and O–H groups in total. The molecule has 0 radical (unpaired) electrons. The van der Waals surface area contributed by atoms with Crippen molar-refractivity contribution >= 4 is 17.2 Å². The minimum absolute atomic E-state index is 0.121. The number of fused-ring (bicyclic) bond motifs is 1. The number of carbonyl (C=O) groups is 1. The van der Waals surface area contributed by atoms with Crippen LogP contribution in [0.4, 0.5) is 11.4 Å². The zero-order valence-corrected chi connectivity index (χ0v) is 18.2. The number of hydrogen-bond acceptors (Lipinski definition) is 5. The molecule has 162 valence electrons. The number of anilines is 2. The van der Waals surface area contributed by atoms with Crippen LogP contribution < -0.4 is 20.1 Å². The highest BCUT2D eigenvalue weighted by atomic mass is 16.5. The van der Waals surface area contributed by atoms with Gasteiger partial charge in [0, 0.05) is 17.7 Å². The molecule has 0 spiro atoms. The topological polar surface area (TPSA) is 59.6 Å². The Hall–Kier alpha value is -3.73. The van der Waals surface area contributed by atoms with Gasteiger partial charge >= 0.3 is 0 Å². The third kappa shape index (κ3) is 3.71. The summed E-state index contributed by atoms with van der Waals surface area (Å²) in [7, 11) is 3.32. The van der Waals surface area contributed by atoms with Crippen LogP contribution in [0.1, 0.15) is 35.9 Å². The molecule has 1 heterocycles. The number of nitrogens with one attached hydrogen (secondary N) is 2. The summed E-state index contributed by atoms with van der Waals surface area (Å²) in [5, 5.41) is 7.20. The van der Waals surface area contributed by atoms with Crippen molar-refractivity contribution in [2.75, 3.05) is 24.9 Å². The van der Waals surface area contributed by atoms with Crippen LogP contribution in [-0.2, 0) is 4.79 Å². The third-order valence-electron chi connectivity index (χ3n) is 6.32. The molecule has 5 nitrogen and oxygen atoms in total. The number of carbonyl (C=O) groups excluding carboxylic acids is 1. The second-order valence-corrected chi connectivity index (χ2v) is 8.22. The standard InChI is InChI=1S/C27H26N2O3/c1-31-20-12-10-17(11-13-20)19-15-24-26(25(30)16-19)27(18-6-5-7-21(14-18)32-2)29-23-9-4-3-8-22(23)28-24/h3-14,19,27-29H,15-16H2,1-2H3/t19-,27+/m1/s1. The number of Topliss-reactive ketones (excluding diaryl/α,β-unsaturated/α-hetero) is 1. The lowest BCUT2D eigenvalue weighted by molar-refractivity contribution is -0.116. The molecule has 0 amide bonds. The van der Waals surface area contributed by atoms with Crippen molar-refractivity contribution in [1.82, 2.24) is 0 Å². The average molecular weight is 427 g/mol. The first-order chi connectivity index (χ1) is 15.7. The number of hydrogen-bond donors (Lipinski definition) is 2. The molecule has 5 heteroatoms. The van der Waals surface area contributed by atoms with Gasteiger partial charge in [0.15, 0.2) is 5.78 Å². The van der Waals surface area contributed by atoms with Crippen molar-refractivity contribution in [3.8, 4) is 11.5 Å². The van der Waals surface area contributed by atoms with Gasteiger partial charge in [-0.05, 0) is 59.9 Å². The van der Waals surface area contributed by atoms with E-state index in [-0.39, 0.29) is 17.7 Å². The fourth-order valence-electron chi connectivity index (χ4n) is 4.68. The molecule has 0 aromatic heterocycles. The van der Waals surface area contributed by atoms with Gasteiger partial charge in [0.1, 0.15) is 11.5 Å². The SMILES string of the molecule is COc1ccc([C@H]2CC(=O)C3=C(C2)Nc2ccccc2N[C@H]3c2cccc(OC)c2)cc1. The van der Waals surface area contributed by atoms with Gasteiger partial charge in [-0.2, -0.15) is 0 Å². The third-order valence-corrected chi connectivity index (χ3v) is 6.32. The first-order valence-electron chi connectivity index (χ1n) is 10.8. The zero-order valence-electron chi connectivity index (χ0n) is 18.2. The maximum atomic E-state index is 13.6. The van der Waals surface area contributed by atoms with E-state index >= 15 is 0 Å². The lowest BCUT2D eigenvalue weighted by Gasteiger charge is -2.30. The van der Waals surface area contributed by atoms with E-state index in [0.29, 0.717) is 6.42 Å². The molecule has 3 aromatic carbocycles. The van der Waals surface area contributed by atoms with E-state index in [1.807, 2.05) is 60.7 Å². The smallest absolute Gasteiger partial charge is 0.163 e. The summed E-state index contributed by atoms with van der Waals surface area (Å²) in [5.74, 6) is 1.87. The summed E-state index contributed by atoms with van der Waals surface area (Å²) < 4.78 is 10.7. The summed E-state index contributed by atoms with van der Waals surface area (Å²) >= 11 is 0. The molecule has 0 unspecified atom stereocenters. The van der Waals surface area contributed by atoms with Crippen molar-refractivity contribution in [2.45, 2.75) is 24.8 Å². The van der Waals surface area contributed by atoms with Crippen LogP contribution in [0, 0.1) is 0 Å². The summed E-state index contributed by atoms with van der Waals surface area (Å²) in [4.78, 5) is 13.6. The highest BCUT2D eigenvalue weighted by molar-refractivity contribution is 6.01. The number of ketones is 1. The maximum Gasteiger partial charge on any atom is 0.163 e. The number of allylic oxidation sites excluding steroid dienone is 1. The molecule has 2 atom stereocenters. The van der Waals surface area contributed by atoms with E-state index < -0.39 is 0 Å². The molecule has 5 rings (SSSR count). The number of methoxy groups -OCH3 is 2. The summed E-state index contributed by atoms with van der Waals surface area (Å²) in [6.07, 6.45) is 1.25. The lowest BCUT2D eigenvalue weighted by atomic mass is 9.78. The Morgan fingerprint density at radius 2 is 1.53 bits per heavy atom. The predicted molar refractivity (Wildman–Crippen MR) is 126 cm³/mol. The minimum Gasteiger partial charge on any atom is -0.497 e. The second kappa shape index (κ2) is 8.42. The molecule has 2 aliphatic rings. The Kier molecular flexibility index (Phi) is 5.31. The fourth-order valence-corrected chi connectivity index (χ4v) is 4.68. The van der Waals surface area contributed by atoms with Crippen LogP contribution in [0.25, 0.3) is 0 Å². The fraction of sp³-hybridized carbons (Fsp3) is 0.222. The van der Waals surface area contributed by atoms with E-state index in [9.17, 15) is 4.79 Å². The Balaban J connectivity index is 1.58. The van der Waals surface area contributed by atoms with E-state index in [0.717, 1.165) is 51.7 Å². The van der Waals surface area contributed by atoms with Crippen molar-refractivity contribution in [2.24, 2.45) is 0 Å². The average Bonchev–Trinajstić information content (AvgIpc) is 3.01. The first-order valence-corrected chi connectivity index (χ1v) is 10.8. The minimum atomic E-state index is -0.249. The van der Waals surface area contributed by atoms with Crippen LogP contribution in [0.15, 0.2) is 84.1 Å². The van der Waals surface area contributed by atoms with Crippen molar-refractivity contribution in [3.05, 3.63) is 95.2 Å². The van der Waals surface area contributed by atoms with Crippen molar-refractivity contribution in [3.63, 3.8) is 0 Å². The molecule has 0 fully saturated rings. The monoisotopic (exact) mass is 426 g/mol. The van der Waals surface area contributed by atoms with Gasteiger partial charge in [0.25, 0.3) is 0 Å². The largest absolute Gasteiger partial charge is 0.497 e. The highest BCUT2D eigenvalue weighted by Gasteiger charge is 2.36. The molecule has 0 bridgehead atoms. The van der Waals surface area contributed by atoms with E-state index in [1.54, 1.807) is 14.2 Å². The number of benzene rings is 3. The van der Waals surface area contributed by atoms with Crippen LogP contribution >= 0.6 is 0 Å².